The number of nitrogens with one attached hydrogen (secondary N) is 1. The fourth-order valence-corrected chi connectivity index (χ4v) is 4.70. The number of halogens is 1. The Morgan fingerprint density at radius 3 is 2.39 bits per heavy atom. The fraction of sp³-hybridized carbons (Fsp3) is 0.174. The Balaban J connectivity index is 2.01. The molecule has 3 aromatic rings. The van der Waals surface area contributed by atoms with E-state index in [-0.39, 0.29) is 4.90 Å². The molecule has 8 heteroatoms. The second-order valence-corrected chi connectivity index (χ2v) is 9.30. The minimum atomic E-state index is -4.03. The van der Waals surface area contributed by atoms with Gasteiger partial charge in [-0.2, -0.15) is 0 Å². The molecule has 162 valence electrons. The summed E-state index contributed by atoms with van der Waals surface area (Å²) >= 11 is 6.15. The van der Waals surface area contributed by atoms with Crippen LogP contribution in [0, 0.1) is 13.8 Å². The normalized spacial score (nSPS) is 11.1. The highest BCUT2D eigenvalue weighted by atomic mass is 35.5. The van der Waals surface area contributed by atoms with Crippen LogP contribution < -0.4 is 14.4 Å². The predicted octanol–water partition coefficient (Wildman–Crippen LogP) is 4.80. The lowest BCUT2D eigenvalue weighted by atomic mass is 10.2. The zero-order valence-corrected chi connectivity index (χ0v) is 19.0. The summed E-state index contributed by atoms with van der Waals surface area (Å²) in [5.74, 6) is -0.0395. The van der Waals surface area contributed by atoms with Gasteiger partial charge in [-0.25, -0.2) is 8.42 Å². The van der Waals surface area contributed by atoms with Crippen molar-refractivity contribution in [3.63, 3.8) is 0 Å². The average Bonchev–Trinajstić information content (AvgIpc) is 2.74. The maximum absolute atomic E-state index is 13.5. The van der Waals surface area contributed by atoms with Crippen LogP contribution in [0.4, 0.5) is 11.4 Å². The van der Waals surface area contributed by atoms with Crippen molar-refractivity contribution in [2.45, 2.75) is 18.7 Å². The van der Waals surface area contributed by atoms with E-state index in [0.717, 1.165) is 9.87 Å². The van der Waals surface area contributed by atoms with Crippen molar-refractivity contribution >= 4 is 38.9 Å². The minimum Gasteiger partial charge on any atom is -0.495 e. The molecule has 3 rings (SSSR count). The topological polar surface area (TPSA) is 75.7 Å². The molecule has 0 heterocycles. The molecule has 0 saturated heterocycles. The third kappa shape index (κ3) is 5.18. The number of carbonyl (C=O) groups excluding carboxylic acids is 1. The highest BCUT2D eigenvalue weighted by Gasteiger charge is 2.28. The maximum atomic E-state index is 13.5. The summed E-state index contributed by atoms with van der Waals surface area (Å²) < 4.78 is 33.3. The van der Waals surface area contributed by atoms with E-state index in [2.05, 4.69) is 5.32 Å². The molecule has 0 fully saturated rings. The van der Waals surface area contributed by atoms with Crippen molar-refractivity contribution in [3.05, 3.63) is 82.9 Å². The highest BCUT2D eigenvalue weighted by Crippen LogP contribution is 2.30. The van der Waals surface area contributed by atoms with Gasteiger partial charge in [-0.05, 0) is 55.8 Å². The van der Waals surface area contributed by atoms with Crippen molar-refractivity contribution in [2.75, 3.05) is 23.3 Å². The number of amides is 1. The van der Waals surface area contributed by atoms with Crippen LogP contribution in [0.2, 0.25) is 5.02 Å². The Morgan fingerprint density at radius 1 is 1.03 bits per heavy atom. The largest absolute Gasteiger partial charge is 0.495 e. The number of para-hydroxylation sites is 2. The van der Waals surface area contributed by atoms with Crippen molar-refractivity contribution in [1.82, 2.24) is 0 Å². The number of hydrogen-bond acceptors (Lipinski definition) is 4. The zero-order chi connectivity index (χ0) is 22.6. The Kier molecular flexibility index (Phi) is 6.87. The molecule has 0 aliphatic heterocycles. The monoisotopic (exact) mass is 458 g/mol. The molecule has 0 radical (unpaired) electrons. The van der Waals surface area contributed by atoms with E-state index in [4.69, 9.17) is 16.3 Å². The second-order valence-electron chi connectivity index (χ2n) is 7.00. The van der Waals surface area contributed by atoms with E-state index >= 15 is 0 Å². The van der Waals surface area contributed by atoms with Gasteiger partial charge in [0.1, 0.15) is 12.3 Å². The minimum absolute atomic E-state index is 0.0857. The molecule has 0 saturated carbocycles. The van der Waals surface area contributed by atoms with Gasteiger partial charge in [-0.1, -0.05) is 47.5 Å². The molecule has 0 aliphatic carbocycles. The Morgan fingerprint density at radius 2 is 1.71 bits per heavy atom. The van der Waals surface area contributed by atoms with Gasteiger partial charge in [0.15, 0.2) is 0 Å². The lowest BCUT2D eigenvalue weighted by Crippen LogP contribution is -2.38. The van der Waals surface area contributed by atoms with Crippen LogP contribution in [0.1, 0.15) is 11.1 Å². The van der Waals surface area contributed by atoms with Gasteiger partial charge in [-0.3, -0.25) is 9.10 Å². The third-order valence-corrected chi connectivity index (χ3v) is 6.73. The van der Waals surface area contributed by atoms with Crippen molar-refractivity contribution in [1.29, 1.82) is 0 Å². The van der Waals surface area contributed by atoms with E-state index in [1.54, 1.807) is 61.5 Å². The van der Waals surface area contributed by atoms with Crippen LogP contribution in [0.3, 0.4) is 0 Å². The summed E-state index contributed by atoms with van der Waals surface area (Å²) in [5, 5.41) is 3.10. The quantitative estimate of drug-likeness (QED) is 0.551. The molecular weight excluding hydrogens is 436 g/mol. The summed E-state index contributed by atoms with van der Waals surface area (Å²) in [6, 6.07) is 18.3. The summed E-state index contributed by atoms with van der Waals surface area (Å²) in [6.45, 7) is 3.20. The first kappa shape index (κ1) is 22.7. The number of ether oxygens (including phenoxy) is 1. The van der Waals surface area contributed by atoms with E-state index in [1.807, 2.05) is 6.92 Å². The number of benzene rings is 3. The molecule has 6 nitrogen and oxygen atoms in total. The molecule has 0 atom stereocenters. The molecule has 0 bridgehead atoms. The van der Waals surface area contributed by atoms with Crippen LogP contribution in [0.15, 0.2) is 71.6 Å². The van der Waals surface area contributed by atoms with Crippen molar-refractivity contribution in [3.8, 4) is 5.75 Å². The first-order valence-corrected chi connectivity index (χ1v) is 11.3. The Hall–Kier alpha value is -3.03. The average molecular weight is 459 g/mol. The van der Waals surface area contributed by atoms with E-state index in [1.165, 1.54) is 19.2 Å². The van der Waals surface area contributed by atoms with Crippen LogP contribution in [-0.4, -0.2) is 28.0 Å². The van der Waals surface area contributed by atoms with Gasteiger partial charge in [0, 0.05) is 5.02 Å². The molecule has 31 heavy (non-hydrogen) atoms. The number of carbonyl (C=O) groups is 1. The van der Waals surface area contributed by atoms with Crippen molar-refractivity contribution < 1.29 is 17.9 Å². The zero-order valence-electron chi connectivity index (χ0n) is 17.4. The number of anilines is 2. The second kappa shape index (κ2) is 9.41. The highest BCUT2D eigenvalue weighted by molar-refractivity contribution is 7.92. The molecule has 0 aliphatic rings. The van der Waals surface area contributed by atoms with Crippen LogP contribution in [0.25, 0.3) is 0 Å². The number of hydrogen-bond donors (Lipinski definition) is 1. The maximum Gasteiger partial charge on any atom is 0.264 e. The van der Waals surface area contributed by atoms with Gasteiger partial charge in [0.05, 0.1) is 23.4 Å². The van der Waals surface area contributed by atoms with Gasteiger partial charge in [-0.15, -0.1) is 0 Å². The standard InChI is InChI=1S/C23H23ClN2O4S/c1-16-8-12-19(13-9-16)31(28,29)26(21-14-18(24)11-10-17(21)2)15-23(27)25-20-6-4-5-7-22(20)30-3/h4-14H,15H2,1-3H3,(H,25,27). The lowest BCUT2D eigenvalue weighted by Gasteiger charge is -2.26. The molecule has 0 unspecified atom stereocenters. The molecule has 0 spiro atoms. The van der Waals surface area contributed by atoms with Gasteiger partial charge in [0.25, 0.3) is 10.0 Å². The summed E-state index contributed by atoms with van der Waals surface area (Å²) in [6.07, 6.45) is 0. The summed E-state index contributed by atoms with van der Waals surface area (Å²) in [4.78, 5) is 13.0. The molecule has 3 aromatic carbocycles. The molecule has 0 aromatic heterocycles. The Labute approximate surface area is 187 Å². The smallest absolute Gasteiger partial charge is 0.264 e. The first-order chi connectivity index (χ1) is 14.7. The van der Waals surface area contributed by atoms with Gasteiger partial charge in [0.2, 0.25) is 5.91 Å². The van der Waals surface area contributed by atoms with Gasteiger partial charge >= 0.3 is 0 Å². The van der Waals surface area contributed by atoms with Gasteiger partial charge < -0.3 is 10.1 Å². The number of methoxy groups -OCH3 is 1. The number of sulfonamides is 1. The predicted molar refractivity (Wildman–Crippen MR) is 124 cm³/mol. The summed E-state index contributed by atoms with van der Waals surface area (Å²) in [5.41, 5.74) is 2.39. The summed E-state index contributed by atoms with van der Waals surface area (Å²) in [7, 11) is -2.54. The molecule has 1 amide bonds. The SMILES string of the molecule is COc1ccccc1NC(=O)CN(c1cc(Cl)ccc1C)S(=O)(=O)c1ccc(C)cc1. The molecule has 1 N–H and O–H groups in total. The van der Waals surface area contributed by atoms with Crippen molar-refractivity contribution in [2.24, 2.45) is 0 Å². The molecular formula is C23H23ClN2O4S. The van der Waals surface area contributed by atoms with E-state index in [9.17, 15) is 13.2 Å². The van der Waals surface area contributed by atoms with E-state index < -0.39 is 22.5 Å². The van der Waals surface area contributed by atoms with Crippen LogP contribution >= 0.6 is 11.6 Å². The lowest BCUT2D eigenvalue weighted by molar-refractivity contribution is -0.114. The number of rotatable bonds is 7. The number of nitrogens with zero attached hydrogens (tertiary/aromatic N) is 1. The number of aryl methyl sites for hydroxylation is 2. The Bertz CT molecular complexity index is 1190. The van der Waals surface area contributed by atoms with Crippen LogP contribution in [0.5, 0.6) is 5.75 Å². The van der Waals surface area contributed by atoms with E-state index in [0.29, 0.717) is 27.7 Å². The first-order valence-electron chi connectivity index (χ1n) is 9.51. The third-order valence-electron chi connectivity index (χ3n) is 4.72. The fourth-order valence-electron chi connectivity index (χ4n) is 3.06. The van der Waals surface area contributed by atoms with Crippen LogP contribution in [-0.2, 0) is 14.8 Å².